The summed E-state index contributed by atoms with van der Waals surface area (Å²) in [6, 6.07) is 20.9. The van der Waals surface area contributed by atoms with E-state index in [1.165, 1.54) is 18.2 Å². The number of benzene rings is 3. The molecule has 7 heteroatoms. The molecule has 0 radical (unpaired) electrons. The number of hydrogen-bond acceptors (Lipinski definition) is 2. The number of aromatic nitrogens is 1. The van der Waals surface area contributed by atoms with Gasteiger partial charge >= 0.3 is 0 Å². The van der Waals surface area contributed by atoms with Crippen LogP contribution in [0.25, 0.3) is 5.69 Å². The Hall–Kier alpha value is -3.90. The first kappa shape index (κ1) is 21.9. The van der Waals surface area contributed by atoms with Gasteiger partial charge in [0.05, 0.1) is 22.0 Å². The molecule has 1 N–H and O–H groups in total. The van der Waals surface area contributed by atoms with Crippen molar-refractivity contribution < 1.29 is 14.0 Å². The van der Waals surface area contributed by atoms with Crippen molar-refractivity contribution in [1.82, 2.24) is 4.57 Å². The van der Waals surface area contributed by atoms with Crippen LogP contribution in [0.1, 0.15) is 32.0 Å². The Morgan fingerprint density at radius 3 is 2.53 bits per heavy atom. The maximum Gasteiger partial charge on any atom is 0.259 e. The number of fused-ring (bicyclic) bond motifs is 3. The van der Waals surface area contributed by atoms with Crippen LogP contribution in [0.2, 0.25) is 5.02 Å². The van der Waals surface area contributed by atoms with Gasteiger partial charge in [-0.05, 0) is 67.1 Å². The Bertz CT molecular complexity index is 1430. The zero-order valence-corrected chi connectivity index (χ0v) is 19.1. The molecule has 1 aliphatic heterocycles. The summed E-state index contributed by atoms with van der Waals surface area (Å²) in [5, 5.41) is 2.95. The number of anilines is 2. The molecule has 0 saturated carbocycles. The van der Waals surface area contributed by atoms with Crippen LogP contribution in [-0.4, -0.2) is 22.9 Å². The van der Waals surface area contributed by atoms with E-state index in [4.69, 9.17) is 11.6 Å². The van der Waals surface area contributed by atoms with Crippen molar-refractivity contribution in [2.24, 2.45) is 0 Å². The first-order valence-corrected chi connectivity index (χ1v) is 11.3. The SMILES string of the molecule is Cc1c(F)cccc1C(=O)Nc1ccc(C(=O)N2CCc3cccn3-c3ccccc32)c(Cl)c1. The second-order valence-corrected chi connectivity index (χ2v) is 8.53. The summed E-state index contributed by atoms with van der Waals surface area (Å²) in [7, 11) is 0. The minimum atomic E-state index is -0.449. The van der Waals surface area contributed by atoms with Gasteiger partial charge in [0.25, 0.3) is 11.8 Å². The molecule has 5 nitrogen and oxygen atoms in total. The van der Waals surface area contributed by atoms with Gasteiger partial charge < -0.3 is 14.8 Å². The highest BCUT2D eigenvalue weighted by Gasteiger charge is 2.26. The van der Waals surface area contributed by atoms with Crippen molar-refractivity contribution >= 4 is 34.8 Å². The van der Waals surface area contributed by atoms with E-state index in [-0.39, 0.29) is 22.1 Å². The molecule has 34 heavy (non-hydrogen) atoms. The van der Waals surface area contributed by atoms with E-state index in [1.807, 2.05) is 36.5 Å². The summed E-state index contributed by atoms with van der Waals surface area (Å²) < 4.78 is 15.9. The Balaban J connectivity index is 1.42. The Morgan fingerprint density at radius 1 is 0.941 bits per heavy atom. The quantitative estimate of drug-likeness (QED) is 0.395. The van der Waals surface area contributed by atoms with Crippen LogP contribution in [0.4, 0.5) is 15.8 Å². The van der Waals surface area contributed by atoms with Crippen molar-refractivity contribution in [3.05, 3.63) is 112 Å². The highest BCUT2D eigenvalue weighted by molar-refractivity contribution is 6.35. The summed E-state index contributed by atoms with van der Waals surface area (Å²) in [6.07, 6.45) is 2.69. The van der Waals surface area contributed by atoms with Gasteiger partial charge in [-0.2, -0.15) is 0 Å². The van der Waals surface area contributed by atoms with Gasteiger partial charge in [0.15, 0.2) is 0 Å². The number of rotatable bonds is 3. The first-order valence-electron chi connectivity index (χ1n) is 10.9. The van der Waals surface area contributed by atoms with E-state index < -0.39 is 11.7 Å². The number of amides is 2. The van der Waals surface area contributed by atoms with Crippen molar-refractivity contribution in [1.29, 1.82) is 0 Å². The second kappa shape index (κ2) is 8.80. The first-order chi connectivity index (χ1) is 16.4. The Labute approximate surface area is 201 Å². The summed E-state index contributed by atoms with van der Waals surface area (Å²) >= 11 is 6.50. The van der Waals surface area contributed by atoms with E-state index in [9.17, 15) is 14.0 Å². The highest BCUT2D eigenvalue weighted by Crippen LogP contribution is 2.32. The molecule has 0 bridgehead atoms. The number of carbonyl (C=O) groups is 2. The maximum atomic E-state index is 13.8. The topological polar surface area (TPSA) is 54.3 Å². The molecule has 0 atom stereocenters. The zero-order chi connectivity index (χ0) is 23.8. The minimum absolute atomic E-state index is 0.220. The van der Waals surface area contributed by atoms with Gasteiger partial charge in [-0.25, -0.2) is 4.39 Å². The predicted molar refractivity (Wildman–Crippen MR) is 132 cm³/mol. The summed E-state index contributed by atoms with van der Waals surface area (Å²) in [4.78, 5) is 27.9. The summed E-state index contributed by atoms with van der Waals surface area (Å²) in [5.74, 6) is -1.12. The largest absolute Gasteiger partial charge is 0.322 e. The van der Waals surface area contributed by atoms with E-state index >= 15 is 0 Å². The van der Waals surface area contributed by atoms with Crippen LogP contribution < -0.4 is 10.2 Å². The lowest BCUT2D eigenvalue weighted by Crippen LogP contribution is -2.32. The van der Waals surface area contributed by atoms with Crippen LogP contribution in [0.15, 0.2) is 79.0 Å². The van der Waals surface area contributed by atoms with Crippen molar-refractivity contribution in [2.75, 3.05) is 16.8 Å². The lowest BCUT2D eigenvalue weighted by atomic mass is 10.1. The van der Waals surface area contributed by atoms with Gasteiger partial charge in [0, 0.05) is 36.1 Å². The average Bonchev–Trinajstić information content (AvgIpc) is 3.23. The summed E-state index contributed by atoms with van der Waals surface area (Å²) in [6.45, 7) is 2.06. The summed E-state index contributed by atoms with van der Waals surface area (Å²) in [5.41, 5.74) is 4.12. The van der Waals surface area contributed by atoms with Crippen LogP contribution in [0, 0.1) is 12.7 Å². The molecule has 170 valence electrons. The van der Waals surface area contributed by atoms with Gasteiger partial charge in [-0.15, -0.1) is 0 Å². The van der Waals surface area contributed by atoms with E-state index in [1.54, 1.807) is 30.0 Å². The maximum absolute atomic E-state index is 13.8. The van der Waals surface area contributed by atoms with Crippen LogP contribution in [0.5, 0.6) is 0 Å². The third kappa shape index (κ3) is 3.86. The number of hydrogen-bond donors (Lipinski definition) is 1. The normalized spacial score (nSPS) is 12.5. The van der Waals surface area contributed by atoms with E-state index in [2.05, 4.69) is 16.0 Å². The van der Waals surface area contributed by atoms with Crippen molar-refractivity contribution in [3.63, 3.8) is 0 Å². The van der Waals surface area contributed by atoms with Gasteiger partial charge in [-0.3, -0.25) is 9.59 Å². The minimum Gasteiger partial charge on any atom is -0.322 e. The molecule has 0 unspecified atom stereocenters. The number of carbonyl (C=O) groups excluding carboxylic acids is 2. The van der Waals surface area contributed by atoms with Crippen LogP contribution in [0.3, 0.4) is 0 Å². The molecule has 0 aliphatic carbocycles. The molecule has 2 heterocycles. The van der Waals surface area contributed by atoms with Crippen molar-refractivity contribution in [3.8, 4) is 5.69 Å². The van der Waals surface area contributed by atoms with E-state index in [0.717, 1.165) is 17.1 Å². The average molecular weight is 474 g/mol. The van der Waals surface area contributed by atoms with Crippen LogP contribution >= 0.6 is 11.6 Å². The number of halogens is 2. The highest BCUT2D eigenvalue weighted by atomic mass is 35.5. The second-order valence-electron chi connectivity index (χ2n) is 8.13. The number of nitrogens with zero attached hydrogens (tertiary/aromatic N) is 2. The molecule has 3 aromatic carbocycles. The molecule has 0 fully saturated rings. The van der Waals surface area contributed by atoms with Gasteiger partial charge in [0.1, 0.15) is 5.82 Å². The lowest BCUT2D eigenvalue weighted by molar-refractivity contribution is 0.0986. The molecular weight excluding hydrogens is 453 g/mol. The molecule has 2 amide bonds. The lowest BCUT2D eigenvalue weighted by Gasteiger charge is -2.23. The third-order valence-corrected chi connectivity index (χ3v) is 6.38. The van der Waals surface area contributed by atoms with E-state index in [0.29, 0.717) is 24.2 Å². The molecular formula is C27H21ClFN3O2. The Kier molecular flexibility index (Phi) is 5.67. The van der Waals surface area contributed by atoms with Crippen LogP contribution in [-0.2, 0) is 6.42 Å². The number of nitrogens with one attached hydrogen (secondary N) is 1. The fraction of sp³-hybridized carbons (Fsp3) is 0.111. The van der Waals surface area contributed by atoms with Crippen molar-refractivity contribution in [2.45, 2.75) is 13.3 Å². The molecule has 1 aliphatic rings. The third-order valence-electron chi connectivity index (χ3n) is 6.07. The number of para-hydroxylation sites is 2. The fourth-order valence-corrected chi connectivity index (χ4v) is 4.53. The van der Waals surface area contributed by atoms with Gasteiger partial charge in [0.2, 0.25) is 0 Å². The molecule has 0 saturated heterocycles. The smallest absolute Gasteiger partial charge is 0.259 e. The fourth-order valence-electron chi connectivity index (χ4n) is 4.27. The molecule has 5 rings (SSSR count). The predicted octanol–water partition coefficient (Wildman–Crippen LogP) is 6.03. The van der Waals surface area contributed by atoms with Gasteiger partial charge in [-0.1, -0.05) is 29.8 Å². The standard InChI is InChI=1S/C27H21ClFN3O2/c1-17-20(7-4-8-23(17)29)26(33)30-18-11-12-21(22(28)16-18)27(34)32-15-13-19-6-5-14-31(19)24-9-2-3-10-25(24)32/h2-12,14,16H,13,15H2,1H3,(H,30,33). The monoisotopic (exact) mass is 473 g/mol. The Morgan fingerprint density at radius 2 is 1.74 bits per heavy atom. The zero-order valence-electron chi connectivity index (χ0n) is 18.4. The molecule has 0 spiro atoms. The molecule has 4 aromatic rings. The molecule has 1 aromatic heterocycles.